The molecule has 0 aliphatic carbocycles. The lowest BCUT2D eigenvalue weighted by Gasteiger charge is -2.11. The Morgan fingerprint density at radius 2 is 1.53 bits per heavy atom. The summed E-state index contributed by atoms with van der Waals surface area (Å²) in [5.41, 5.74) is 0. The summed E-state index contributed by atoms with van der Waals surface area (Å²) < 4.78 is 22.4. The van der Waals surface area contributed by atoms with E-state index in [1.54, 1.807) is 0 Å². The number of sulfone groups is 1. The number of aliphatic carboxylic acids is 2. The molecule has 15 heavy (non-hydrogen) atoms. The average Bonchev–Trinajstić information content (AvgIpc) is 2.00. The summed E-state index contributed by atoms with van der Waals surface area (Å²) in [5.74, 6) is -3.73. The van der Waals surface area contributed by atoms with Crippen LogP contribution in [0, 0.1) is 5.92 Å². The molecule has 0 amide bonds. The average molecular weight is 238 g/mol. The maximum absolute atomic E-state index is 11.2. The maximum atomic E-state index is 11.2. The van der Waals surface area contributed by atoms with Gasteiger partial charge in [0.15, 0.2) is 0 Å². The maximum Gasteiger partial charge on any atom is 0.303 e. The number of carboxylic acids is 2. The Labute approximate surface area is 87.8 Å². The Kier molecular flexibility index (Phi) is 5.27. The summed E-state index contributed by atoms with van der Waals surface area (Å²) in [4.78, 5) is 20.8. The summed E-state index contributed by atoms with van der Waals surface area (Å²) in [6.07, 6.45) is -0.878. The first kappa shape index (κ1) is 13.9. The second kappa shape index (κ2) is 5.69. The van der Waals surface area contributed by atoms with Crippen molar-refractivity contribution in [2.45, 2.75) is 19.8 Å². The molecule has 0 unspecified atom stereocenters. The summed E-state index contributed by atoms with van der Waals surface area (Å²) in [7, 11) is -3.34. The van der Waals surface area contributed by atoms with Crippen molar-refractivity contribution in [1.29, 1.82) is 0 Å². The quantitative estimate of drug-likeness (QED) is 0.645. The molecule has 0 spiro atoms. The number of hydrogen-bond donors (Lipinski definition) is 2. The molecule has 0 heterocycles. The predicted molar refractivity (Wildman–Crippen MR) is 52.3 cm³/mol. The van der Waals surface area contributed by atoms with E-state index in [1.807, 2.05) is 0 Å². The lowest BCUT2D eigenvalue weighted by molar-refractivity contribution is -0.140. The first-order valence-electron chi connectivity index (χ1n) is 4.41. The SMILES string of the molecule is CCS(=O)(=O)CC(CC(=O)O)CC(=O)O. The third-order valence-corrected chi connectivity index (χ3v) is 3.71. The number of carboxylic acid groups (broad SMARTS) is 2. The minimum absolute atomic E-state index is 0.108. The Balaban J connectivity index is 4.50. The second-order valence-corrected chi connectivity index (χ2v) is 5.66. The van der Waals surface area contributed by atoms with Crippen LogP contribution in [-0.4, -0.2) is 42.1 Å². The van der Waals surface area contributed by atoms with E-state index in [-0.39, 0.29) is 11.5 Å². The molecule has 0 aromatic rings. The topological polar surface area (TPSA) is 109 Å². The molecule has 0 atom stereocenters. The van der Waals surface area contributed by atoms with Crippen molar-refractivity contribution in [2.75, 3.05) is 11.5 Å². The Bertz CT molecular complexity index is 315. The highest BCUT2D eigenvalue weighted by molar-refractivity contribution is 7.91. The lowest BCUT2D eigenvalue weighted by atomic mass is 10.0. The van der Waals surface area contributed by atoms with Crippen molar-refractivity contribution in [3.63, 3.8) is 0 Å². The van der Waals surface area contributed by atoms with E-state index in [4.69, 9.17) is 10.2 Å². The standard InChI is InChI=1S/C8H14O6S/c1-2-15(13,14)5-6(3-7(9)10)4-8(11)12/h6H,2-5H2,1H3,(H,9,10)(H,11,12). The highest BCUT2D eigenvalue weighted by Gasteiger charge is 2.22. The van der Waals surface area contributed by atoms with E-state index in [0.717, 1.165) is 0 Å². The van der Waals surface area contributed by atoms with Gasteiger partial charge in [-0.3, -0.25) is 9.59 Å². The zero-order valence-corrected chi connectivity index (χ0v) is 9.16. The van der Waals surface area contributed by atoms with Crippen molar-refractivity contribution >= 4 is 21.8 Å². The molecular weight excluding hydrogens is 224 g/mol. The van der Waals surface area contributed by atoms with Gasteiger partial charge in [-0.15, -0.1) is 0 Å². The van der Waals surface area contributed by atoms with E-state index in [9.17, 15) is 18.0 Å². The third-order valence-electron chi connectivity index (χ3n) is 1.86. The van der Waals surface area contributed by atoms with Crippen LogP contribution in [0.1, 0.15) is 19.8 Å². The predicted octanol–water partition coefficient (Wildman–Crippen LogP) is -0.0133. The van der Waals surface area contributed by atoms with Crippen LogP contribution in [0.2, 0.25) is 0 Å². The molecule has 0 saturated carbocycles. The van der Waals surface area contributed by atoms with Crippen LogP contribution in [-0.2, 0) is 19.4 Å². The monoisotopic (exact) mass is 238 g/mol. The van der Waals surface area contributed by atoms with Gasteiger partial charge in [0.2, 0.25) is 0 Å². The molecule has 0 rings (SSSR count). The van der Waals surface area contributed by atoms with Crippen LogP contribution >= 0.6 is 0 Å². The molecule has 0 fully saturated rings. The Morgan fingerprint density at radius 3 is 1.80 bits per heavy atom. The van der Waals surface area contributed by atoms with Gasteiger partial charge < -0.3 is 10.2 Å². The number of hydrogen-bond acceptors (Lipinski definition) is 4. The van der Waals surface area contributed by atoms with Crippen molar-refractivity contribution in [1.82, 2.24) is 0 Å². The minimum atomic E-state index is -3.34. The molecule has 6 nitrogen and oxygen atoms in total. The fourth-order valence-electron chi connectivity index (χ4n) is 1.16. The molecule has 0 aliphatic heterocycles. The minimum Gasteiger partial charge on any atom is -0.481 e. The van der Waals surface area contributed by atoms with Crippen LogP contribution in [0.15, 0.2) is 0 Å². The van der Waals surface area contributed by atoms with Crippen LogP contribution in [0.25, 0.3) is 0 Å². The molecule has 0 saturated heterocycles. The van der Waals surface area contributed by atoms with Crippen LogP contribution < -0.4 is 0 Å². The number of rotatable bonds is 7. The first-order valence-corrected chi connectivity index (χ1v) is 6.23. The van der Waals surface area contributed by atoms with Crippen molar-refractivity contribution in [2.24, 2.45) is 5.92 Å². The van der Waals surface area contributed by atoms with Crippen LogP contribution in [0.5, 0.6) is 0 Å². The van der Waals surface area contributed by atoms with Crippen molar-refractivity contribution in [3.05, 3.63) is 0 Å². The van der Waals surface area contributed by atoms with E-state index < -0.39 is 40.5 Å². The molecule has 7 heteroatoms. The molecule has 0 bridgehead atoms. The summed E-state index contributed by atoms with van der Waals surface area (Å²) in [6, 6.07) is 0. The zero-order valence-electron chi connectivity index (χ0n) is 8.34. The molecule has 0 radical (unpaired) electrons. The Hall–Kier alpha value is -1.11. The largest absolute Gasteiger partial charge is 0.481 e. The first-order chi connectivity index (χ1) is 6.76. The molecule has 0 aromatic carbocycles. The van der Waals surface area contributed by atoms with Gasteiger partial charge in [-0.05, 0) is 5.92 Å². The third kappa shape index (κ3) is 6.89. The van der Waals surface area contributed by atoms with Gasteiger partial charge >= 0.3 is 11.9 Å². The van der Waals surface area contributed by atoms with Gasteiger partial charge in [0.05, 0.1) is 5.75 Å². The summed E-state index contributed by atoms with van der Waals surface area (Å²) in [5, 5.41) is 17.0. The molecule has 2 N–H and O–H groups in total. The van der Waals surface area contributed by atoms with Crippen molar-refractivity contribution < 1.29 is 28.2 Å². The Morgan fingerprint density at radius 1 is 1.13 bits per heavy atom. The highest BCUT2D eigenvalue weighted by Crippen LogP contribution is 2.12. The molecule has 0 aromatic heterocycles. The lowest BCUT2D eigenvalue weighted by Crippen LogP contribution is -2.22. The van der Waals surface area contributed by atoms with E-state index >= 15 is 0 Å². The number of carbonyl (C=O) groups is 2. The van der Waals surface area contributed by atoms with Gasteiger partial charge in [0, 0.05) is 18.6 Å². The van der Waals surface area contributed by atoms with Crippen molar-refractivity contribution in [3.8, 4) is 0 Å². The zero-order chi connectivity index (χ0) is 12.1. The van der Waals surface area contributed by atoms with Gasteiger partial charge in [-0.1, -0.05) is 6.92 Å². The van der Waals surface area contributed by atoms with Crippen LogP contribution in [0.4, 0.5) is 0 Å². The van der Waals surface area contributed by atoms with Gasteiger partial charge in [0.1, 0.15) is 9.84 Å². The second-order valence-electron chi connectivity index (χ2n) is 3.26. The summed E-state index contributed by atoms with van der Waals surface area (Å²) >= 11 is 0. The molecular formula is C8H14O6S. The van der Waals surface area contributed by atoms with Gasteiger partial charge in [-0.2, -0.15) is 0 Å². The normalized spacial score (nSPS) is 11.6. The van der Waals surface area contributed by atoms with Gasteiger partial charge in [-0.25, -0.2) is 8.42 Å². The fourth-order valence-corrected chi connectivity index (χ4v) is 2.35. The highest BCUT2D eigenvalue weighted by atomic mass is 32.2. The van der Waals surface area contributed by atoms with E-state index in [0.29, 0.717) is 0 Å². The van der Waals surface area contributed by atoms with E-state index in [1.165, 1.54) is 6.92 Å². The molecule has 0 aliphatic rings. The molecule has 88 valence electrons. The summed E-state index contributed by atoms with van der Waals surface area (Å²) in [6.45, 7) is 1.44. The smallest absolute Gasteiger partial charge is 0.303 e. The fraction of sp³-hybridized carbons (Fsp3) is 0.750. The van der Waals surface area contributed by atoms with E-state index in [2.05, 4.69) is 0 Å². The van der Waals surface area contributed by atoms with Gasteiger partial charge in [0.25, 0.3) is 0 Å². The van der Waals surface area contributed by atoms with Crippen LogP contribution in [0.3, 0.4) is 0 Å².